The molecule has 2 rings (SSSR count). The van der Waals surface area contributed by atoms with Crippen molar-refractivity contribution in [3.8, 4) is 0 Å². The van der Waals surface area contributed by atoms with E-state index in [-0.39, 0.29) is 24.0 Å². The Balaban J connectivity index is 0.00000338. The molecule has 0 radical (unpaired) electrons. The van der Waals surface area contributed by atoms with Crippen LogP contribution in [-0.4, -0.2) is 63.5 Å². The maximum absolute atomic E-state index is 12.3. The summed E-state index contributed by atoms with van der Waals surface area (Å²) in [6.45, 7) is 6.90. The van der Waals surface area contributed by atoms with Crippen LogP contribution in [0.4, 0.5) is 0 Å². The zero-order valence-electron chi connectivity index (χ0n) is 15.6. The molecule has 0 saturated carbocycles. The molecular weight excluding hydrogens is 483 g/mol. The van der Waals surface area contributed by atoms with Gasteiger partial charge in [-0.25, -0.2) is 13.1 Å². The van der Waals surface area contributed by atoms with Crippen LogP contribution in [0.5, 0.6) is 0 Å². The highest BCUT2D eigenvalue weighted by Gasteiger charge is 2.21. The van der Waals surface area contributed by atoms with E-state index in [4.69, 9.17) is 0 Å². The predicted molar refractivity (Wildman–Crippen MR) is 121 cm³/mol. The lowest BCUT2D eigenvalue weighted by molar-refractivity contribution is 0.408. The van der Waals surface area contributed by atoms with Gasteiger partial charge in [0.25, 0.3) is 0 Å². The summed E-state index contributed by atoms with van der Waals surface area (Å²) in [6, 6.07) is 6.85. The first kappa shape index (κ1) is 23.5. The van der Waals surface area contributed by atoms with Crippen LogP contribution in [0.1, 0.15) is 18.9 Å². The van der Waals surface area contributed by atoms with Gasteiger partial charge in [0, 0.05) is 44.2 Å². The third-order valence-electron chi connectivity index (χ3n) is 4.14. The molecule has 1 aromatic rings. The minimum atomic E-state index is -3.47. The molecule has 1 fully saturated rings. The number of nitrogens with one attached hydrogen (secondary N) is 2. The van der Waals surface area contributed by atoms with Crippen molar-refractivity contribution in [2.75, 3.05) is 39.0 Å². The molecule has 0 bridgehead atoms. The number of benzene rings is 1. The Labute approximate surface area is 178 Å². The third kappa shape index (κ3) is 6.90. The van der Waals surface area contributed by atoms with E-state index in [0.717, 1.165) is 36.8 Å². The van der Waals surface area contributed by atoms with Gasteiger partial charge in [-0.2, -0.15) is 11.8 Å². The van der Waals surface area contributed by atoms with Crippen molar-refractivity contribution in [3.05, 3.63) is 29.8 Å². The lowest BCUT2D eigenvalue weighted by Gasteiger charge is -2.34. The molecule has 26 heavy (non-hydrogen) atoms. The van der Waals surface area contributed by atoms with Gasteiger partial charge in [0.05, 0.1) is 4.90 Å². The molecule has 2 N–H and O–H groups in total. The van der Waals surface area contributed by atoms with E-state index in [9.17, 15) is 8.42 Å². The highest BCUT2D eigenvalue weighted by Crippen LogP contribution is 2.20. The smallest absolute Gasteiger partial charge is 0.240 e. The van der Waals surface area contributed by atoms with E-state index < -0.39 is 10.0 Å². The Bertz CT molecular complexity index is 681. The van der Waals surface area contributed by atoms with Crippen LogP contribution in [0.2, 0.25) is 0 Å². The second kappa shape index (κ2) is 11.4. The lowest BCUT2D eigenvalue weighted by Crippen LogP contribution is -2.49. The van der Waals surface area contributed by atoms with E-state index in [2.05, 4.69) is 26.9 Å². The highest BCUT2D eigenvalue weighted by molar-refractivity contribution is 14.0. The molecule has 1 aliphatic heterocycles. The molecule has 6 nitrogen and oxygen atoms in total. The number of aryl methyl sites for hydroxylation is 1. The van der Waals surface area contributed by atoms with Gasteiger partial charge in [-0.3, -0.25) is 4.99 Å². The molecule has 1 unspecified atom stereocenters. The highest BCUT2D eigenvalue weighted by atomic mass is 127. The van der Waals surface area contributed by atoms with Gasteiger partial charge >= 0.3 is 0 Å². The largest absolute Gasteiger partial charge is 0.355 e. The summed E-state index contributed by atoms with van der Waals surface area (Å²) in [7, 11) is -1.70. The fourth-order valence-corrected chi connectivity index (χ4v) is 4.86. The fourth-order valence-electron chi connectivity index (χ4n) is 2.65. The average Bonchev–Trinajstić information content (AvgIpc) is 2.62. The number of guanidine groups is 1. The van der Waals surface area contributed by atoms with Crippen LogP contribution in [0, 0.1) is 6.92 Å². The summed E-state index contributed by atoms with van der Waals surface area (Å²) in [5.74, 6) is 1.94. The SMILES string of the molecule is CCC1CN(C(=NC)NCCNS(=O)(=O)c2ccc(C)cc2)CCS1.I. The molecule has 1 saturated heterocycles. The summed E-state index contributed by atoms with van der Waals surface area (Å²) in [4.78, 5) is 6.87. The molecule has 0 aromatic heterocycles. The molecule has 1 aromatic carbocycles. The monoisotopic (exact) mass is 512 g/mol. The molecule has 0 amide bonds. The lowest BCUT2D eigenvalue weighted by atomic mass is 10.2. The molecule has 0 spiro atoms. The molecule has 1 atom stereocenters. The van der Waals surface area contributed by atoms with Crippen molar-refractivity contribution in [2.24, 2.45) is 4.99 Å². The van der Waals surface area contributed by atoms with E-state index in [0.29, 0.717) is 23.2 Å². The second-order valence-corrected chi connectivity index (χ2v) is 9.21. The zero-order valence-corrected chi connectivity index (χ0v) is 19.5. The minimum absolute atomic E-state index is 0. The number of nitrogens with zero attached hydrogens (tertiary/aromatic N) is 2. The Morgan fingerprint density at radius 3 is 2.62 bits per heavy atom. The number of sulfonamides is 1. The van der Waals surface area contributed by atoms with Gasteiger partial charge in [0.15, 0.2) is 5.96 Å². The van der Waals surface area contributed by atoms with E-state index in [1.165, 1.54) is 0 Å². The summed E-state index contributed by atoms with van der Waals surface area (Å²) in [6.07, 6.45) is 1.15. The zero-order chi connectivity index (χ0) is 18.3. The first-order chi connectivity index (χ1) is 12.0. The fraction of sp³-hybridized carbons (Fsp3) is 0.588. The van der Waals surface area contributed by atoms with E-state index in [1.807, 2.05) is 18.7 Å². The first-order valence-corrected chi connectivity index (χ1v) is 11.1. The summed E-state index contributed by atoms with van der Waals surface area (Å²) in [5.41, 5.74) is 1.04. The van der Waals surface area contributed by atoms with Crippen molar-refractivity contribution in [3.63, 3.8) is 0 Å². The van der Waals surface area contributed by atoms with Crippen LogP contribution in [0.25, 0.3) is 0 Å². The van der Waals surface area contributed by atoms with Crippen LogP contribution in [0.15, 0.2) is 34.2 Å². The van der Waals surface area contributed by atoms with Gasteiger partial charge < -0.3 is 10.2 Å². The van der Waals surface area contributed by atoms with Crippen LogP contribution < -0.4 is 10.0 Å². The van der Waals surface area contributed by atoms with Gasteiger partial charge in [-0.15, -0.1) is 24.0 Å². The number of thioether (sulfide) groups is 1. The van der Waals surface area contributed by atoms with Crippen molar-refractivity contribution in [1.29, 1.82) is 0 Å². The topological polar surface area (TPSA) is 73.8 Å². The molecule has 9 heteroatoms. The molecular formula is C17H29IN4O2S2. The summed E-state index contributed by atoms with van der Waals surface area (Å²) in [5, 5.41) is 3.89. The van der Waals surface area contributed by atoms with Crippen molar-refractivity contribution in [2.45, 2.75) is 30.4 Å². The van der Waals surface area contributed by atoms with Gasteiger partial charge in [0.1, 0.15) is 0 Å². The Morgan fingerprint density at radius 1 is 1.31 bits per heavy atom. The summed E-state index contributed by atoms with van der Waals surface area (Å²) < 4.78 is 27.1. The van der Waals surface area contributed by atoms with Crippen LogP contribution >= 0.6 is 35.7 Å². The maximum atomic E-state index is 12.3. The third-order valence-corrected chi connectivity index (χ3v) is 6.99. The van der Waals surface area contributed by atoms with Crippen molar-refractivity contribution in [1.82, 2.24) is 14.9 Å². The molecule has 1 heterocycles. The molecule has 0 aliphatic carbocycles. The predicted octanol–water partition coefficient (Wildman–Crippen LogP) is 2.29. The number of rotatable bonds is 6. The van der Waals surface area contributed by atoms with Gasteiger partial charge in [-0.1, -0.05) is 24.6 Å². The maximum Gasteiger partial charge on any atom is 0.240 e. The number of hydrogen-bond acceptors (Lipinski definition) is 4. The molecule has 1 aliphatic rings. The van der Waals surface area contributed by atoms with Gasteiger partial charge in [-0.05, 0) is 25.5 Å². The van der Waals surface area contributed by atoms with Crippen molar-refractivity contribution < 1.29 is 8.42 Å². The Kier molecular flexibility index (Phi) is 10.3. The Hall–Kier alpha value is -0.520. The quantitative estimate of drug-likeness (QED) is 0.265. The molecule has 148 valence electrons. The van der Waals surface area contributed by atoms with Crippen molar-refractivity contribution >= 4 is 51.7 Å². The number of aliphatic imine (C=N–C) groups is 1. The summed E-state index contributed by atoms with van der Waals surface area (Å²) >= 11 is 2.01. The van der Waals surface area contributed by atoms with E-state index in [1.54, 1.807) is 31.3 Å². The van der Waals surface area contributed by atoms with Crippen LogP contribution in [0.3, 0.4) is 0 Å². The van der Waals surface area contributed by atoms with Crippen LogP contribution in [-0.2, 0) is 10.0 Å². The Morgan fingerprint density at radius 2 is 2.00 bits per heavy atom. The minimum Gasteiger partial charge on any atom is -0.355 e. The first-order valence-electron chi connectivity index (χ1n) is 8.59. The number of halogens is 1. The average molecular weight is 512 g/mol. The van der Waals surface area contributed by atoms with Gasteiger partial charge in [0.2, 0.25) is 10.0 Å². The normalized spacial score (nSPS) is 18.3. The number of hydrogen-bond donors (Lipinski definition) is 2. The standard InChI is InChI=1S/C17H28N4O2S2.HI/c1-4-15-13-21(11-12-24-15)17(18-3)19-9-10-20-25(22,23)16-7-5-14(2)6-8-16;/h5-8,15,20H,4,9-13H2,1-3H3,(H,18,19);1H. The van der Waals surface area contributed by atoms with E-state index >= 15 is 0 Å². The second-order valence-electron chi connectivity index (χ2n) is 6.03.